The molecule has 4 nitrogen and oxygen atoms in total. The Hall–Kier alpha value is -0.880. The average Bonchev–Trinajstić information content (AvgIpc) is 2.46. The molecule has 3 atom stereocenters. The van der Waals surface area contributed by atoms with Gasteiger partial charge in [-0.2, -0.15) is 0 Å². The summed E-state index contributed by atoms with van der Waals surface area (Å²) in [6.07, 6.45) is 1.40. The molecule has 0 radical (unpaired) electrons. The smallest absolute Gasteiger partial charge is 0.317 e. The average molecular weight is 436 g/mol. The van der Waals surface area contributed by atoms with Crippen molar-refractivity contribution in [2.45, 2.75) is 25.4 Å². The summed E-state index contributed by atoms with van der Waals surface area (Å²) in [5.74, 6) is -2.64. The van der Waals surface area contributed by atoms with Crippen LogP contribution < -0.4 is 0 Å². The first kappa shape index (κ1) is 19.4. The Bertz CT molecular complexity index is 655. The highest BCUT2D eigenvalue weighted by molar-refractivity contribution is 9.10. The van der Waals surface area contributed by atoms with Gasteiger partial charge in [0.15, 0.2) is 5.78 Å². The number of ether oxygens (including phenoxy) is 1. The minimum absolute atomic E-state index is 0.0536. The third kappa shape index (κ3) is 4.39. The van der Waals surface area contributed by atoms with Crippen LogP contribution in [0, 0.1) is 11.8 Å². The molecule has 0 bridgehead atoms. The maximum atomic E-state index is 12.6. The van der Waals surface area contributed by atoms with E-state index in [4.69, 9.17) is 27.9 Å². The molecule has 1 aromatic rings. The van der Waals surface area contributed by atoms with Crippen LogP contribution in [0.5, 0.6) is 0 Å². The molecule has 0 spiro atoms. The Balaban J connectivity index is 2.37. The Morgan fingerprint density at radius 2 is 2.04 bits per heavy atom. The zero-order chi connectivity index (χ0) is 17.9. The maximum Gasteiger partial charge on any atom is 0.317 e. The fourth-order valence-electron chi connectivity index (χ4n) is 3.05. The lowest BCUT2D eigenvalue weighted by Gasteiger charge is -2.38. The van der Waals surface area contributed by atoms with Gasteiger partial charge in [0.1, 0.15) is 10.4 Å². The minimum Gasteiger partial charge on any atom is -0.465 e. The van der Waals surface area contributed by atoms with Gasteiger partial charge in [0.05, 0.1) is 12.2 Å². The van der Waals surface area contributed by atoms with E-state index in [-0.39, 0.29) is 29.7 Å². The largest absolute Gasteiger partial charge is 0.465 e. The molecule has 24 heavy (non-hydrogen) atoms. The van der Waals surface area contributed by atoms with E-state index in [1.807, 2.05) is 0 Å². The standard InChI is InChI=1S/C17H17BrCl2O4/c1-2-24-16(22)15-10(7-14(19)20)8-17(23,9-13(15)21)11-3-5-12(18)6-4-11/h3-7,10,15,23H,2,8-9H2,1H3. The van der Waals surface area contributed by atoms with Crippen LogP contribution in [0.15, 0.2) is 39.3 Å². The lowest BCUT2D eigenvalue weighted by molar-refractivity contribution is -0.159. The monoisotopic (exact) mass is 434 g/mol. The van der Waals surface area contributed by atoms with E-state index in [9.17, 15) is 14.7 Å². The molecule has 2 rings (SSSR count). The highest BCUT2D eigenvalue weighted by atomic mass is 79.9. The van der Waals surface area contributed by atoms with Crippen molar-refractivity contribution in [2.75, 3.05) is 6.61 Å². The number of ketones is 1. The summed E-state index contributed by atoms with van der Waals surface area (Å²) in [5.41, 5.74) is -0.781. The molecule has 1 saturated carbocycles. The van der Waals surface area contributed by atoms with E-state index >= 15 is 0 Å². The Morgan fingerprint density at radius 1 is 1.42 bits per heavy atom. The van der Waals surface area contributed by atoms with Crippen LogP contribution in [0.2, 0.25) is 0 Å². The lowest BCUT2D eigenvalue weighted by atomic mass is 9.68. The van der Waals surface area contributed by atoms with Crippen LogP contribution in [0.25, 0.3) is 0 Å². The number of aliphatic hydroxyl groups is 1. The number of benzene rings is 1. The molecule has 1 aliphatic rings. The second-order valence-corrected chi connectivity index (χ2v) is 7.66. The highest BCUT2D eigenvalue weighted by Crippen LogP contribution is 2.43. The fourth-order valence-corrected chi connectivity index (χ4v) is 3.64. The van der Waals surface area contributed by atoms with Gasteiger partial charge in [-0.3, -0.25) is 9.59 Å². The second kappa shape index (κ2) is 8.00. The number of carbonyl (C=O) groups excluding carboxylic acids is 2. The summed E-state index contributed by atoms with van der Waals surface area (Å²) in [6, 6.07) is 7.05. The normalized spacial score (nSPS) is 26.8. The van der Waals surface area contributed by atoms with E-state index in [0.29, 0.717) is 5.56 Å². The molecule has 0 aromatic heterocycles. The maximum absolute atomic E-state index is 12.6. The molecule has 130 valence electrons. The van der Waals surface area contributed by atoms with Crippen molar-refractivity contribution < 1.29 is 19.4 Å². The van der Waals surface area contributed by atoms with Gasteiger partial charge >= 0.3 is 5.97 Å². The zero-order valence-electron chi connectivity index (χ0n) is 13.0. The molecule has 1 N–H and O–H groups in total. The van der Waals surface area contributed by atoms with Crippen LogP contribution in [-0.4, -0.2) is 23.5 Å². The van der Waals surface area contributed by atoms with Crippen molar-refractivity contribution in [3.63, 3.8) is 0 Å². The molecule has 0 amide bonds. The van der Waals surface area contributed by atoms with Crippen molar-refractivity contribution in [3.05, 3.63) is 44.9 Å². The number of halogens is 3. The third-order valence-electron chi connectivity index (χ3n) is 4.08. The Morgan fingerprint density at radius 3 is 2.58 bits per heavy atom. The van der Waals surface area contributed by atoms with Gasteiger partial charge in [-0.25, -0.2) is 0 Å². The van der Waals surface area contributed by atoms with Gasteiger partial charge in [0.25, 0.3) is 0 Å². The van der Waals surface area contributed by atoms with Gasteiger partial charge in [-0.15, -0.1) is 0 Å². The SMILES string of the molecule is CCOC(=O)C1C(=O)CC(O)(c2ccc(Br)cc2)CC1C=C(Cl)Cl. The van der Waals surface area contributed by atoms with Gasteiger partial charge in [0.2, 0.25) is 0 Å². The van der Waals surface area contributed by atoms with Crippen LogP contribution >= 0.6 is 39.1 Å². The van der Waals surface area contributed by atoms with Crippen LogP contribution in [-0.2, 0) is 19.9 Å². The summed E-state index contributed by atoms with van der Waals surface area (Å²) in [7, 11) is 0. The van der Waals surface area contributed by atoms with Gasteiger partial charge < -0.3 is 9.84 Å². The first-order valence-electron chi connectivity index (χ1n) is 7.47. The minimum atomic E-state index is -1.38. The number of hydrogen-bond acceptors (Lipinski definition) is 4. The number of hydrogen-bond donors (Lipinski definition) is 1. The molecular formula is C17H17BrCl2O4. The van der Waals surface area contributed by atoms with E-state index < -0.39 is 23.4 Å². The number of allylic oxidation sites excluding steroid dienone is 1. The predicted octanol–water partition coefficient (Wildman–Crippen LogP) is 4.11. The molecule has 0 heterocycles. The Kier molecular flexibility index (Phi) is 6.48. The van der Waals surface area contributed by atoms with Crippen molar-refractivity contribution >= 4 is 50.9 Å². The third-order valence-corrected chi connectivity index (χ3v) is 4.86. The summed E-state index contributed by atoms with van der Waals surface area (Å²) in [4.78, 5) is 24.7. The second-order valence-electron chi connectivity index (χ2n) is 5.74. The summed E-state index contributed by atoms with van der Waals surface area (Å²) in [5, 5.41) is 11.0. The van der Waals surface area contributed by atoms with E-state index in [1.165, 1.54) is 6.08 Å². The molecule has 0 aliphatic heterocycles. The number of Topliss-reactive ketones (excluding diaryl/α,β-unsaturated/α-hetero) is 1. The molecule has 3 unspecified atom stereocenters. The zero-order valence-corrected chi connectivity index (χ0v) is 16.1. The van der Waals surface area contributed by atoms with Gasteiger partial charge in [-0.05, 0) is 37.1 Å². The number of rotatable bonds is 4. The molecule has 0 saturated heterocycles. The highest BCUT2D eigenvalue weighted by Gasteiger charge is 2.48. The predicted molar refractivity (Wildman–Crippen MR) is 95.7 cm³/mol. The molecule has 1 aromatic carbocycles. The van der Waals surface area contributed by atoms with E-state index in [1.54, 1.807) is 31.2 Å². The van der Waals surface area contributed by atoms with Crippen molar-refractivity contribution in [1.29, 1.82) is 0 Å². The van der Waals surface area contributed by atoms with Crippen molar-refractivity contribution in [2.24, 2.45) is 11.8 Å². The van der Waals surface area contributed by atoms with Gasteiger partial charge in [0, 0.05) is 16.8 Å². The summed E-state index contributed by atoms with van der Waals surface area (Å²) < 4.78 is 5.80. The first-order chi connectivity index (χ1) is 11.3. The summed E-state index contributed by atoms with van der Waals surface area (Å²) >= 11 is 14.8. The molecule has 1 fully saturated rings. The topological polar surface area (TPSA) is 63.6 Å². The lowest BCUT2D eigenvalue weighted by Crippen LogP contribution is -2.45. The van der Waals surface area contributed by atoms with Gasteiger partial charge in [-0.1, -0.05) is 51.3 Å². The van der Waals surface area contributed by atoms with Crippen LogP contribution in [0.1, 0.15) is 25.3 Å². The Labute approximate surface area is 158 Å². The molecule has 7 heteroatoms. The first-order valence-corrected chi connectivity index (χ1v) is 9.02. The quantitative estimate of drug-likeness (QED) is 0.570. The fraction of sp³-hybridized carbons (Fsp3) is 0.412. The summed E-state index contributed by atoms with van der Waals surface area (Å²) in [6.45, 7) is 1.84. The van der Waals surface area contributed by atoms with Crippen molar-refractivity contribution in [1.82, 2.24) is 0 Å². The van der Waals surface area contributed by atoms with Crippen LogP contribution in [0.4, 0.5) is 0 Å². The number of esters is 1. The van der Waals surface area contributed by atoms with E-state index in [0.717, 1.165) is 4.47 Å². The van der Waals surface area contributed by atoms with Crippen molar-refractivity contribution in [3.8, 4) is 0 Å². The number of carbonyl (C=O) groups is 2. The van der Waals surface area contributed by atoms with E-state index in [2.05, 4.69) is 15.9 Å². The molecule has 1 aliphatic carbocycles. The molecular weight excluding hydrogens is 419 g/mol. The van der Waals surface area contributed by atoms with Crippen LogP contribution in [0.3, 0.4) is 0 Å².